The first-order valence-corrected chi connectivity index (χ1v) is 13.3. The number of pyridine rings is 1. The van der Waals surface area contributed by atoms with Gasteiger partial charge in [0.1, 0.15) is 16.4 Å². The lowest BCUT2D eigenvalue weighted by Gasteiger charge is -2.29. The van der Waals surface area contributed by atoms with Crippen molar-refractivity contribution in [1.82, 2.24) is 9.29 Å². The van der Waals surface area contributed by atoms with E-state index in [-0.39, 0.29) is 23.0 Å². The van der Waals surface area contributed by atoms with E-state index in [1.807, 2.05) is 12.1 Å². The molecule has 196 valence electrons. The van der Waals surface area contributed by atoms with E-state index >= 15 is 0 Å². The number of carbonyl (C=O) groups excluding carboxylic acids is 1. The molecule has 2 amide bonds. The van der Waals surface area contributed by atoms with Crippen LogP contribution in [-0.4, -0.2) is 61.1 Å². The standard InChI is InChI=1S/C26H25N5O6S/c32-25-23(28-20-7-9-21(10-8-20)30-12-14-37-15-13-30)24(19-4-2-1-3-5-19)38(35,36)31(25)17-18-6-11-22(27-16-18)29-26(33)34/h1-11,16,28H,12-15,17H2,(H,27,29)(H,33,34). The van der Waals surface area contributed by atoms with Crippen molar-refractivity contribution >= 4 is 44.1 Å². The highest BCUT2D eigenvalue weighted by Crippen LogP contribution is 2.37. The van der Waals surface area contributed by atoms with Crippen molar-refractivity contribution in [1.29, 1.82) is 0 Å². The van der Waals surface area contributed by atoms with Crippen molar-refractivity contribution in [2.75, 3.05) is 41.8 Å². The van der Waals surface area contributed by atoms with Gasteiger partial charge in [-0.05, 0) is 41.5 Å². The Labute approximate surface area is 219 Å². The van der Waals surface area contributed by atoms with Crippen LogP contribution in [0.25, 0.3) is 4.91 Å². The van der Waals surface area contributed by atoms with Crippen molar-refractivity contribution in [3.63, 3.8) is 0 Å². The predicted octanol–water partition coefficient (Wildman–Crippen LogP) is 3.16. The van der Waals surface area contributed by atoms with Crippen LogP contribution < -0.4 is 15.5 Å². The number of aromatic nitrogens is 1. The van der Waals surface area contributed by atoms with Crippen LogP contribution in [-0.2, 0) is 26.1 Å². The van der Waals surface area contributed by atoms with Crippen LogP contribution in [0.15, 0.2) is 78.6 Å². The van der Waals surface area contributed by atoms with Crippen LogP contribution in [0.5, 0.6) is 0 Å². The molecular formula is C26H25N5O6S. The van der Waals surface area contributed by atoms with Crippen LogP contribution >= 0.6 is 0 Å². The number of benzene rings is 2. The maximum Gasteiger partial charge on any atom is 0.410 e. The zero-order valence-electron chi connectivity index (χ0n) is 20.2. The number of carboxylic acid groups (broad SMARTS) is 1. The van der Waals surface area contributed by atoms with Crippen LogP contribution in [0.3, 0.4) is 0 Å². The Balaban J connectivity index is 1.44. The smallest absolute Gasteiger partial charge is 0.410 e. The average molecular weight is 536 g/mol. The minimum absolute atomic E-state index is 0.0487. The first-order valence-electron chi connectivity index (χ1n) is 11.8. The molecule has 3 N–H and O–H groups in total. The molecule has 2 aliphatic rings. The molecule has 0 aliphatic carbocycles. The maximum absolute atomic E-state index is 13.7. The lowest BCUT2D eigenvalue weighted by Crippen LogP contribution is -2.36. The fraction of sp³-hybridized carbons (Fsp3) is 0.192. The molecule has 0 radical (unpaired) electrons. The molecule has 1 saturated heterocycles. The fourth-order valence-electron chi connectivity index (χ4n) is 4.31. The third-order valence-corrected chi connectivity index (χ3v) is 7.98. The number of sulfonamides is 1. The van der Waals surface area contributed by atoms with E-state index < -0.39 is 22.0 Å². The Kier molecular flexibility index (Phi) is 6.99. The number of ether oxygens (including phenoxy) is 1. The number of nitrogens with one attached hydrogen (secondary N) is 2. The summed E-state index contributed by atoms with van der Waals surface area (Å²) in [4.78, 5) is 30.4. The predicted molar refractivity (Wildman–Crippen MR) is 142 cm³/mol. The van der Waals surface area contributed by atoms with Gasteiger partial charge in [-0.1, -0.05) is 36.4 Å². The van der Waals surface area contributed by atoms with Crippen molar-refractivity contribution in [2.24, 2.45) is 0 Å². The third-order valence-electron chi connectivity index (χ3n) is 6.15. The van der Waals surface area contributed by atoms with E-state index in [0.717, 1.165) is 23.1 Å². The highest BCUT2D eigenvalue weighted by atomic mass is 32.2. The quantitative estimate of drug-likeness (QED) is 0.416. The van der Waals surface area contributed by atoms with Gasteiger partial charge in [0.15, 0.2) is 0 Å². The van der Waals surface area contributed by atoms with Crippen LogP contribution in [0.4, 0.5) is 22.0 Å². The van der Waals surface area contributed by atoms with Crippen molar-refractivity contribution < 1.29 is 27.9 Å². The summed E-state index contributed by atoms with van der Waals surface area (Å²) >= 11 is 0. The highest BCUT2D eigenvalue weighted by Gasteiger charge is 2.44. The topological polar surface area (TPSA) is 141 Å². The molecule has 5 rings (SSSR count). The first-order chi connectivity index (χ1) is 18.3. The molecule has 12 heteroatoms. The Bertz CT molecular complexity index is 1470. The largest absolute Gasteiger partial charge is 0.465 e. The normalized spacial score (nSPS) is 17.0. The van der Waals surface area contributed by atoms with Crippen molar-refractivity contribution in [3.8, 4) is 0 Å². The molecule has 11 nitrogen and oxygen atoms in total. The van der Waals surface area contributed by atoms with Crippen molar-refractivity contribution in [3.05, 3.63) is 89.8 Å². The number of amides is 2. The SMILES string of the molecule is O=C(O)Nc1ccc(CN2C(=O)C(Nc3ccc(N4CCOCC4)cc3)=C(c3ccccc3)S2(=O)=O)cn1. The van der Waals surface area contributed by atoms with E-state index in [4.69, 9.17) is 9.84 Å². The number of hydrogen-bond acceptors (Lipinski definition) is 8. The molecule has 1 aromatic heterocycles. The summed E-state index contributed by atoms with van der Waals surface area (Å²) in [6.45, 7) is 2.61. The summed E-state index contributed by atoms with van der Waals surface area (Å²) in [6.07, 6.45) is 0.0550. The minimum atomic E-state index is -4.21. The van der Waals surface area contributed by atoms with Crippen molar-refractivity contribution in [2.45, 2.75) is 6.54 Å². The summed E-state index contributed by atoms with van der Waals surface area (Å²) < 4.78 is 33.5. The lowest BCUT2D eigenvalue weighted by atomic mass is 10.1. The van der Waals surface area contributed by atoms with Gasteiger partial charge in [0.2, 0.25) is 0 Å². The second-order valence-corrected chi connectivity index (χ2v) is 10.4. The van der Waals surface area contributed by atoms with Crippen LogP contribution in [0, 0.1) is 0 Å². The molecule has 0 spiro atoms. The van der Waals surface area contributed by atoms with Gasteiger partial charge in [0, 0.05) is 30.7 Å². The molecule has 2 aliphatic heterocycles. The molecule has 0 atom stereocenters. The van der Waals surface area contributed by atoms with E-state index in [0.29, 0.717) is 30.0 Å². The number of anilines is 3. The van der Waals surface area contributed by atoms with Gasteiger partial charge in [-0.15, -0.1) is 0 Å². The Morgan fingerprint density at radius 2 is 1.71 bits per heavy atom. The zero-order chi connectivity index (χ0) is 26.7. The Morgan fingerprint density at radius 3 is 2.34 bits per heavy atom. The minimum Gasteiger partial charge on any atom is -0.465 e. The molecule has 38 heavy (non-hydrogen) atoms. The van der Waals surface area contributed by atoms with Gasteiger partial charge in [-0.2, -0.15) is 0 Å². The van der Waals surface area contributed by atoms with Gasteiger partial charge in [-0.3, -0.25) is 10.1 Å². The van der Waals surface area contributed by atoms with E-state index in [1.165, 1.54) is 18.3 Å². The zero-order valence-corrected chi connectivity index (χ0v) is 21.0. The molecule has 0 saturated carbocycles. The molecule has 2 aromatic carbocycles. The number of morpholine rings is 1. The van der Waals surface area contributed by atoms with Gasteiger partial charge < -0.3 is 20.1 Å². The second kappa shape index (κ2) is 10.5. The molecule has 0 bridgehead atoms. The molecular weight excluding hydrogens is 510 g/mol. The third kappa shape index (κ3) is 5.17. The van der Waals surface area contributed by atoms with Crippen LogP contribution in [0.1, 0.15) is 11.1 Å². The van der Waals surface area contributed by atoms with E-state index in [2.05, 4.69) is 20.5 Å². The summed E-state index contributed by atoms with van der Waals surface area (Å²) in [7, 11) is -4.21. The van der Waals surface area contributed by atoms with Gasteiger partial charge in [-0.25, -0.2) is 22.5 Å². The Morgan fingerprint density at radius 1 is 1.00 bits per heavy atom. The second-order valence-electron chi connectivity index (χ2n) is 8.64. The maximum atomic E-state index is 13.7. The lowest BCUT2D eigenvalue weighted by molar-refractivity contribution is -0.122. The molecule has 3 heterocycles. The van der Waals surface area contributed by atoms with Gasteiger partial charge in [0.25, 0.3) is 15.9 Å². The van der Waals surface area contributed by atoms with Crippen LogP contribution in [0.2, 0.25) is 0 Å². The fourth-order valence-corrected chi connectivity index (χ4v) is 5.99. The van der Waals surface area contributed by atoms with Gasteiger partial charge >= 0.3 is 6.09 Å². The molecule has 3 aromatic rings. The number of carbonyl (C=O) groups is 2. The summed E-state index contributed by atoms with van der Waals surface area (Å²) in [5, 5.41) is 14.0. The summed E-state index contributed by atoms with van der Waals surface area (Å²) in [6, 6.07) is 18.8. The monoisotopic (exact) mass is 535 g/mol. The summed E-state index contributed by atoms with van der Waals surface area (Å²) in [5.74, 6) is -0.614. The number of nitrogens with zero attached hydrogens (tertiary/aromatic N) is 3. The number of hydrogen-bond donors (Lipinski definition) is 3. The first kappa shape index (κ1) is 25.2. The highest BCUT2D eigenvalue weighted by molar-refractivity contribution is 7.99. The van der Waals surface area contributed by atoms with E-state index in [9.17, 15) is 18.0 Å². The van der Waals surface area contributed by atoms with Gasteiger partial charge in [0.05, 0.1) is 19.8 Å². The average Bonchev–Trinajstić information content (AvgIpc) is 3.10. The van der Waals surface area contributed by atoms with E-state index in [1.54, 1.807) is 42.5 Å². The Hall–Kier alpha value is -4.42. The summed E-state index contributed by atoms with van der Waals surface area (Å²) in [5.41, 5.74) is 2.34. The molecule has 0 unspecified atom stereocenters. The number of rotatable bonds is 7. The molecule has 1 fully saturated rings.